The van der Waals surface area contributed by atoms with Crippen LogP contribution in [0.2, 0.25) is 0 Å². The van der Waals surface area contributed by atoms with Crippen molar-refractivity contribution < 1.29 is 4.74 Å². The highest BCUT2D eigenvalue weighted by atomic mass is 16.5. The number of aryl methyl sites for hydroxylation is 1. The molecule has 0 aliphatic rings. The van der Waals surface area contributed by atoms with Crippen molar-refractivity contribution in [2.24, 2.45) is 7.05 Å². The fourth-order valence-corrected chi connectivity index (χ4v) is 3.51. The molecule has 5 aromatic rings. The summed E-state index contributed by atoms with van der Waals surface area (Å²) < 4.78 is 7.64. The van der Waals surface area contributed by atoms with Gasteiger partial charge in [0, 0.05) is 36.8 Å². The highest BCUT2D eigenvalue weighted by molar-refractivity contribution is 5.80. The number of para-hydroxylation sites is 1. The summed E-state index contributed by atoms with van der Waals surface area (Å²) >= 11 is 0. The van der Waals surface area contributed by atoms with Crippen molar-refractivity contribution in [3.63, 3.8) is 0 Å². The summed E-state index contributed by atoms with van der Waals surface area (Å²) in [5, 5.41) is 5.19. The highest BCUT2D eigenvalue weighted by Crippen LogP contribution is 2.31. The van der Waals surface area contributed by atoms with Crippen LogP contribution in [0.5, 0.6) is 5.75 Å². The van der Waals surface area contributed by atoms with Crippen molar-refractivity contribution in [1.29, 1.82) is 0 Å². The molecule has 0 atom stereocenters. The highest BCUT2D eigenvalue weighted by Gasteiger charge is 2.12. The number of rotatable bonds is 5. The molecule has 0 fully saturated rings. The van der Waals surface area contributed by atoms with Crippen molar-refractivity contribution >= 4 is 10.9 Å². The molecule has 5 rings (SSSR count). The van der Waals surface area contributed by atoms with E-state index in [4.69, 9.17) is 4.74 Å². The molecule has 0 radical (unpaired) electrons. The normalized spacial score (nSPS) is 11.0. The molecule has 0 aliphatic heterocycles. The molecule has 1 N–H and O–H groups in total. The molecule has 0 unspecified atom stereocenters. The number of hydrogen-bond acceptors (Lipinski definition) is 5. The summed E-state index contributed by atoms with van der Waals surface area (Å²) in [5.41, 5.74) is 4.45. The predicted molar refractivity (Wildman–Crippen MR) is 119 cm³/mol. The minimum atomic E-state index is -0.168. The van der Waals surface area contributed by atoms with Crippen LogP contribution >= 0.6 is 0 Å². The number of hydrogen-bond donors (Lipinski definition) is 1. The maximum absolute atomic E-state index is 12.2. The number of pyridine rings is 1. The van der Waals surface area contributed by atoms with E-state index in [-0.39, 0.29) is 12.2 Å². The van der Waals surface area contributed by atoms with E-state index in [1.807, 2.05) is 67.8 Å². The van der Waals surface area contributed by atoms with Crippen molar-refractivity contribution in [3.05, 3.63) is 95.4 Å². The molecule has 152 valence electrons. The Bertz CT molecular complexity index is 1410. The summed E-state index contributed by atoms with van der Waals surface area (Å²) in [6.07, 6.45) is 5.54. The number of nitrogens with one attached hydrogen (secondary N) is 1. The standard InChI is InChI=1S/C24H19N5O2/c1-29-14-20(16-10-12-25-13-11-16)23(28-29)17-6-8-18(9-7-17)31-15-22-26-21-5-3-2-4-19(21)24(30)27-22/h2-14H,15H2,1H3,(H,26,27,30). The van der Waals surface area contributed by atoms with E-state index in [2.05, 4.69) is 20.1 Å². The van der Waals surface area contributed by atoms with Crippen LogP contribution in [0.1, 0.15) is 5.82 Å². The van der Waals surface area contributed by atoms with E-state index in [0.717, 1.165) is 22.4 Å². The molecule has 31 heavy (non-hydrogen) atoms. The fourth-order valence-electron chi connectivity index (χ4n) is 3.51. The van der Waals surface area contributed by atoms with Crippen molar-refractivity contribution in [2.75, 3.05) is 0 Å². The first-order valence-corrected chi connectivity index (χ1v) is 9.82. The Morgan fingerprint density at radius 3 is 2.55 bits per heavy atom. The monoisotopic (exact) mass is 409 g/mol. The summed E-state index contributed by atoms with van der Waals surface area (Å²) in [5.74, 6) is 1.17. The Morgan fingerprint density at radius 1 is 0.968 bits per heavy atom. The number of aromatic nitrogens is 5. The molecule has 0 bridgehead atoms. The largest absolute Gasteiger partial charge is 0.486 e. The van der Waals surface area contributed by atoms with Gasteiger partial charge in [-0.3, -0.25) is 14.5 Å². The van der Waals surface area contributed by atoms with Crippen LogP contribution in [0.4, 0.5) is 0 Å². The lowest BCUT2D eigenvalue weighted by Gasteiger charge is -2.08. The van der Waals surface area contributed by atoms with Gasteiger partial charge in [0.05, 0.1) is 10.9 Å². The topological polar surface area (TPSA) is 85.7 Å². The third-order valence-electron chi connectivity index (χ3n) is 4.99. The Kier molecular flexibility index (Phi) is 4.76. The summed E-state index contributed by atoms with van der Waals surface area (Å²) in [7, 11) is 1.91. The van der Waals surface area contributed by atoms with E-state index in [9.17, 15) is 4.79 Å². The molecule has 0 saturated heterocycles. The van der Waals surface area contributed by atoms with E-state index in [1.54, 1.807) is 23.1 Å². The minimum Gasteiger partial charge on any atom is -0.486 e. The van der Waals surface area contributed by atoms with E-state index < -0.39 is 0 Å². The lowest BCUT2D eigenvalue weighted by Crippen LogP contribution is -2.13. The van der Waals surface area contributed by atoms with Crippen LogP contribution in [0.15, 0.2) is 84.0 Å². The van der Waals surface area contributed by atoms with Crippen LogP contribution in [0.25, 0.3) is 33.3 Å². The quantitative estimate of drug-likeness (QED) is 0.475. The molecule has 7 heteroatoms. The number of nitrogens with zero attached hydrogens (tertiary/aromatic N) is 4. The van der Waals surface area contributed by atoms with Crippen molar-refractivity contribution in [2.45, 2.75) is 6.61 Å². The lowest BCUT2D eigenvalue weighted by atomic mass is 10.0. The SMILES string of the molecule is Cn1cc(-c2ccncc2)c(-c2ccc(OCc3nc4ccccc4c(=O)[nH]3)cc2)n1. The number of benzene rings is 2. The molecule has 0 aliphatic carbocycles. The van der Waals surface area contributed by atoms with Gasteiger partial charge in [-0.1, -0.05) is 12.1 Å². The molecule has 3 aromatic heterocycles. The van der Waals surface area contributed by atoms with Gasteiger partial charge in [-0.25, -0.2) is 4.98 Å². The fraction of sp³-hybridized carbons (Fsp3) is 0.0833. The molecule has 0 saturated carbocycles. The van der Waals surface area contributed by atoms with Crippen LogP contribution in [0.3, 0.4) is 0 Å². The molecule has 7 nitrogen and oxygen atoms in total. The van der Waals surface area contributed by atoms with Crippen LogP contribution in [-0.2, 0) is 13.7 Å². The Hall–Kier alpha value is -4.26. The first-order valence-electron chi connectivity index (χ1n) is 9.82. The van der Waals surface area contributed by atoms with Gasteiger partial charge in [0.25, 0.3) is 5.56 Å². The zero-order valence-corrected chi connectivity index (χ0v) is 16.8. The van der Waals surface area contributed by atoms with Crippen molar-refractivity contribution in [3.8, 4) is 28.1 Å². The van der Waals surface area contributed by atoms with E-state index >= 15 is 0 Å². The van der Waals surface area contributed by atoms with Crippen molar-refractivity contribution in [1.82, 2.24) is 24.7 Å². The van der Waals surface area contributed by atoms with Gasteiger partial charge >= 0.3 is 0 Å². The molecule has 3 heterocycles. The molecule has 0 amide bonds. The van der Waals surface area contributed by atoms with Gasteiger partial charge in [0.1, 0.15) is 23.9 Å². The first-order chi connectivity index (χ1) is 15.2. The molecular weight excluding hydrogens is 390 g/mol. The van der Waals surface area contributed by atoms with Gasteiger partial charge in [-0.2, -0.15) is 5.10 Å². The smallest absolute Gasteiger partial charge is 0.258 e. The Balaban J connectivity index is 1.36. The van der Waals surface area contributed by atoms with Crippen LogP contribution < -0.4 is 10.3 Å². The van der Waals surface area contributed by atoms with Gasteiger partial charge in [-0.15, -0.1) is 0 Å². The molecule has 2 aromatic carbocycles. The average molecular weight is 409 g/mol. The number of ether oxygens (including phenoxy) is 1. The zero-order chi connectivity index (χ0) is 21.2. The predicted octanol–water partition coefficient (Wildman–Crippen LogP) is 3.96. The first kappa shape index (κ1) is 18.7. The third-order valence-corrected chi connectivity index (χ3v) is 4.99. The summed E-state index contributed by atoms with van der Waals surface area (Å²) in [6, 6.07) is 18.9. The third kappa shape index (κ3) is 3.81. The molecular formula is C24H19N5O2. The summed E-state index contributed by atoms with van der Waals surface area (Å²) in [6.45, 7) is 0.172. The number of fused-ring (bicyclic) bond motifs is 1. The Morgan fingerprint density at radius 2 is 1.74 bits per heavy atom. The summed E-state index contributed by atoms with van der Waals surface area (Å²) in [4.78, 5) is 23.5. The maximum Gasteiger partial charge on any atom is 0.258 e. The van der Waals surface area contributed by atoms with Gasteiger partial charge in [-0.05, 0) is 54.1 Å². The molecule has 0 spiro atoms. The Labute approximate surface area is 178 Å². The number of H-pyrrole nitrogens is 1. The van der Waals surface area contributed by atoms with Gasteiger partial charge in [0.2, 0.25) is 0 Å². The van der Waals surface area contributed by atoms with Gasteiger partial charge in [0.15, 0.2) is 0 Å². The van der Waals surface area contributed by atoms with E-state index in [1.165, 1.54) is 0 Å². The van der Waals surface area contributed by atoms with Crippen LogP contribution in [-0.4, -0.2) is 24.7 Å². The van der Waals surface area contributed by atoms with E-state index in [0.29, 0.717) is 22.5 Å². The number of aromatic amines is 1. The second-order valence-corrected chi connectivity index (χ2v) is 7.14. The second-order valence-electron chi connectivity index (χ2n) is 7.14. The lowest BCUT2D eigenvalue weighted by molar-refractivity contribution is 0.296. The maximum atomic E-state index is 12.2. The minimum absolute atomic E-state index is 0.168. The van der Waals surface area contributed by atoms with Gasteiger partial charge < -0.3 is 9.72 Å². The van der Waals surface area contributed by atoms with Crippen LogP contribution in [0, 0.1) is 0 Å². The average Bonchev–Trinajstić information content (AvgIpc) is 3.20. The second kappa shape index (κ2) is 7.87. The zero-order valence-electron chi connectivity index (χ0n) is 16.8.